The van der Waals surface area contributed by atoms with Crippen LogP contribution >= 0.6 is 0 Å². The van der Waals surface area contributed by atoms with Gasteiger partial charge in [-0.3, -0.25) is 4.79 Å². The number of halogens is 3. The monoisotopic (exact) mass is 393 g/mol. The van der Waals surface area contributed by atoms with Crippen LogP contribution in [0.25, 0.3) is 5.57 Å². The average molecular weight is 393 g/mol. The first kappa shape index (κ1) is 25.4. The van der Waals surface area contributed by atoms with Gasteiger partial charge in [-0.05, 0) is 37.5 Å². The number of rotatable bonds is 7. The van der Waals surface area contributed by atoms with Crippen molar-refractivity contribution < 1.29 is 18.0 Å². The summed E-state index contributed by atoms with van der Waals surface area (Å²) in [5.74, 6) is -1.86. The van der Waals surface area contributed by atoms with E-state index in [1.54, 1.807) is 30.1 Å². The van der Waals surface area contributed by atoms with E-state index in [0.29, 0.717) is 6.42 Å². The highest BCUT2D eigenvalue weighted by Gasteiger charge is 2.41. The van der Waals surface area contributed by atoms with Crippen LogP contribution in [0.3, 0.4) is 0 Å². The summed E-state index contributed by atoms with van der Waals surface area (Å²) >= 11 is 0. The third kappa shape index (κ3) is 7.59. The molecule has 0 saturated carbocycles. The van der Waals surface area contributed by atoms with Gasteiger partial charge in [0.05, 0.1) is 5.57 Å². The predicted molar refractivity (Wildman–Crippen MR) is 112 cm³/mol. The third-order valence-corrected chi connectivity index (χ3v) is 3.79. The molecule has 0 atom stereocenters. The Labute approximate surface area is 166 Å². The Bertz CT molecular complexity index is 726. The summed E-state index contributed by atoms with van der Waals surface area (Å²) in [4.78, 5) is 13.5. The number of allylic oxidation sites excluding steroid dienone is 6. The van der Waals surface area contributed by atoms with Crippen LogP contribution in [-0.2, 0) is 4.79 Å². The minimum absolute atomic E-state index is 0.227. The Morgan fingerprint density at radius 3 is 2.11 bits per heavy atom. The molecule has 0 radical (unpaired) electrons. The molecule has 5 heteroatoms. The number of ketones is 1. The molecule has 28 heavy (non-hydrogen) atoms. The summed E-state index contributed by atoms with van der Waals surface area (Å²) in [6.07, 6.45) is 4.39. The lowest BCUT2D eigenvalue weighted by Gasteiger charge is -2.22. The molecule has 0 aliphatic carbocycles. The van der Waals surface area contributed by atoms with Crippen molar-refractivity contribution in [1.29, 1.82) is 0 Å². The van der Waals surface area contributed by atoms with Crippen molar-refractivity contribution in [2.24, 2.45) is 0 Å². The zero-order valence-electron chi connectivity index (χ0n) is 17.5. The minimum atomic E-state index is -4.94. The second kappa shape index (κ2) is 12.8. The van der Waals surface area contributed by atoms with Crippen molar-refractivity contribution in [1.82, 2.24) is 4.90 Å². The number of benzene rings is 1. The highest BCUT2D eigenvalue weighted by Crippen LogP contribution is 2.28. The molecule has 1 aromatic rings. The van der Waals surface area contributed by atoms with E-state index in [-0.39, 0.29) is 5.56 Å². The molecular weight excluding hydrogens is 363 g/mol. The van der Waals surface area contributed by atoms with Gasteiger partial charge < -0.3 is 4.90 Å². The quantitative estimate of drug-likeness (QED) is 0.370. The molecule has 0 aliphatic rings. The number of alkyl halides is 3. The van der Waals surface area contributed by atoms with Gasteiger partial charge in [-0.1, -0.05) is 69.3 Å². The van der Waals surface area contributed by atoms with Crippen molar-refractivity contribution >= 4 is 11.4 Å². The van der Waals surface area contributed by atoms with Gasteiger partial charge in [0.2, 0.25) is 0 Å². The van der Waals surface area contributed by atoms with Crippen molar-refractivity contribution in [3.8, 4) is 0 Å². The second-order valence-electron chi connectivity index (χ2n) is 5.59. The molecule has 154 valence electrons. The van der Waals surface area contributed by atoms with Crippen LogP contribution in [0.4, 0.5) is 13.2 Å². The topological polar surface area (TPSA) is 20.3 Å². The van der Waals surface area contributed by atoms with Crippen LogP contribution in [0, 0.1) is 0 Å². The number of carbonyl (C=O) groups excluding carboxylic acids is 1. The van der Waals surface area contributed by atoms with Crippen molar-refractivity contribution in [3.63, 3.8) is 0 Å². The Kier molecular flexibility index (Phi) is 11.6. The van der Waals surface area contributed by atoms with Gasteiger partial charge in [-0.2, -0.15) is 13.2 Å². The fourth-order valence-electron chi connectivity index (χ4n) is 2.47. The molecule has 0 aromatic heterocycles. The molecule has 0 bridgehead atoms. The molecule has 0 saturated heterocycles. The molecule has 0 N–H and O–H groups in total. The number of carbonyl (C=O) groups is 1. The zero-order valence-corrected chi connectivity index (χ0v) is 17.5. The maximum atomic E-state index is 13.1. The van der Waals surface area contributed by atoms with Gasteiger partial charge in [-0.15, -0.1) is 0 Å². The van der Waals surface area contributed by atoms with Crippen molar-refractivity contribution in [2.75, 3.05) is 7.05 Å². The Balaban J connectivity index is 0.00000352. The van der Waals surface area contributed by atoms with Crippen LogP contribution < -0.4 is 0 Å². The maximum absolute atomic E-state index is 13.1. The van der Waals surface area contributed by atoms with E-state index in [0.717, 1.165) is 11.3 Å². The van der Waals surface area contributed by atoms with E-state index >= 15 is 0 Å². The number of hydrogen-bond acceptors (Lipinski definition) is 2. The summed E-state index contributed by atoms with van der Waals surface area (Å²) in [5.41, 5.74) is 1.54. The summed E-state index contributed by atoms with van der Waals surface area (Å²) < 4.78 is 39.3. The second-order valence-corrected chi connectivity index (χ2v) is 5.59. The van der Waals surface area contributed by atoms with E-state index in [9.17, 15) is 18.0 Å². The van der Waals surface area contributed by atoms with Crippen LogP contribution in [0.2, 0.25) is 0 Å². The van der Waals surface area contributed by atoms with Crippen LogP contribution in [0.15, 0.2) is 72.1 Å². The number of hydrogen-bond donors (Lipinski definition) is 0. The highest BCUT2D eigenvalue weighted by atomic mass is 19.4. The van der Waals surface area contributed by atoms with Gasteiger partial charge in [0.15, 0.2) is 0 Å². The lowest BCUT2D eigenvalue weighted by molar-refractivity contribution is -0.164. The fraction of sp³-hybridized carbons (Fsp3) is 0.348. The lowest BCUT2D eigenvalue weighted by atomic mass is 10.0. The molecule has 0 unspecified atom stereocenters. The summed E-state index contributed by atoms with van der Waals surface area (Å²) in [6, 6.07) is 7.89. The van der Waals surface area contributed by atoms with Gasteiger partial charge in [0.1, 0.15) is 0 Å². The van der Waals surface area contributed by atoms with E-state index in [2.05, 4.69) is 0 Å². The number of nitrogens with zero attached hydrogens (tertiary/aromatic N) is 1. The first-order chi connectivity index (χ1) is 13.3. The Morgan fingerprint density at radius 2 is 1.68 bits per heavy atom. The SMILES string of the molecule is CC.C\C=C/C=C(\C(=C/C)CC)N(C)/C=C(\C(=O)C(F)(F)F)c1ccccc1. The fourth-order valence-corrected chi connectivity index (χ4v) is 2.47. The standard InChI is InChI=1S/C21H24F3NO.C2H6/c1-5-8-14-19(16(6-2)7-3)25(4)15-18(20(26)21(22,23)24)17-12-10-9-11-13-17;1-2/h5-6,8-15H,7H2,1-4H3;1-2H3/b8-5-,16-6-,18-15-,19-14+;. The van der Waals surface area contributed by atoms with Crippen LogP contribution in [0.1, 0.15) is 46.6 Å². The molecule has 0 heterocycles. The number of likely N-dealkylation sites (N-methyl/N-ethyl adjacent to an activating group) is 1. The summed E-state index contributed by atoms with van der Waals surface area (Å²) in [5, 5.41) is 0. The van der Waals surface area contributed by atoms with Gasteiger partial charge in [0.25, 0.3) is 5.78 Å². The Hall–Kier alpha value is -2.56. The van der Waals surface area contributed by atoms with Crippen LogP contribution in [-0.4, -0.2) is 23.9 Å². The third-order valence-electron chi connectivity index (χ3n) is 3.79. The molecule has 0 spiro atoms. The molecule has 0 aliphatic heterocycles. The van der Waals surface area contributed by atoms with E-state index in [1.807, 2.05) is 58.9 Å². The van der Waals surface area contributed by atoms with Crippen LogP contribution in [0.5, 0.6) is 0 Å². The minimum Gasteiger partial charge on any atom is -0.350 e. The van der Waals surface area contributed by atoms with E-state index in [4.69, 9.17) is 0 Å². The van der Waals surface area contributed by atoms with Gasteiger partial charge >= 0.3 is 6.18 Å². The molecule has 1 aromatic carbocycles. The molecular formula is C23H30F3NO. The largest absolute Gasteiger partial charge is 0.454 e. The maximum Gasteiger partial charge on any atom is 0.454 e. The van der Waals surface area contributed by atoms with Gasteiger partial charge in [0, 0.05) is 18.9 Å². The molecule has 2 nitrogen and oxygen atoms in total. The highest BCUT2D eigenvalue weighted by molar-refractivity contribution is 6.23. The average Bonchev–Trinajstić information content (AvgIpc) is 2.70. The molecule has 0 fully saturated rings. The summed E-state index contributed by atoms with van der Waals surface area (Å²) in [7, 11) is 1.64. The van der Waals surface area contributed by atoms with E-state index in [1.165, 1.54) is 18.3 Å². The first-order valence-electron chi connectivity index (χ1n) is 9.36. The molecule has 0 amide bonds. The lowest BCUT2D eigenvalue weighted by Crippen LogP contribution is -2.25. The first-order valence-corrected chi connectivity index (χ1v) is 9.36. The molecule has 1 rings (SSSR count). The summed E-state index contributed by atoms with van der Waals surface area (Å²) in [6.45, 7) is 9.70. The Morgan fingerprint density at radius 1 is 1.11 bits per heavy atom. The predicted octanol–water partition coefficient (Wildman–Crippen LogP) is 6.93. The normalized spacial score (nSPS) is 13.2. The van der Waals surface area contributed by atoms with Crippen molar-refractivity contribution in [3.05, 3.63) is 77.7 Å². The van der Waals surface area contributed by atoms with Crippen molar-refractivity contribution in [2.45, 2.75) is 47.2 Å². The number of Topliss-reactive ketones (excluding diaryl/α,β-unsaturated/α-hetero) is 1. The smallest absolute Gasteiger partial charge is 0.350 e. The van der Waals surface area contributed by atoms with E-state index < -0.39 is 17.5 Å². The zero-order chi connectivity index (χ0) is 21.7. The van der Waals surface area contributed by atoms with Gasteiger partial charge in [-0.25, -0.2) is 0 Å².